The van der Waals surface area contributed by atoms with Gasteiger partial charge in [-0.3, -0.25) is 9.80 Å². The Bertz CT molecular complexity index is 171. The van der Waals surface area contributed by atoms with Crippen molar-refractivity contribution in [3.63, 3.8) is 0 Å². The first-order chi connectivity index (χ1) is 7.04. The molecule has 0 aromatic rings. The average molecular weight is 214 g/mol. The van der Waals surface area contributed by atoms with Crippen LogP contribution in [0, 0.1) is 0 Å². The predicted octanol–water partition coefficient (Wildman–Crippen LogP) is 1.44. The third kappa shape index (κ3) is 4.49. The van der Waals surface area contributed by atoms with Crippen molar-refractivity contribution in [3.05, 3.63) is 0 Å². The fourth-order valence-electron chi connectivity index (χ4n) is 2.05. The molecule has 0 N–H and O–H groups in total. The average Bonchev–Trinajstić information content (AvgIpc) is 2.18. The van der Waals surface area contributed by atoms with E-state index in [0.717, 1.165) is 32.8 Å². The molecule has 0 spiro atoms. The van der Waals surface area contributed by atoms with Crippen LogP contribution in [0.15, 0.2) is 0 Å². The first-order valence-corrected chi connectivity index (χ1v) is 6.09. The highest BCUT2D eigenvalue weighted by Crippen LogP contribution is 2.12. The van der Waals surface area contributed by atoms with E-state index in [1.54, 1.807) is 0 Å². The Morgan fingerprint density at radius 3 is 2.27 bits per heavy atom. The molecule has 0 amide bonds. The minimum atomic E-state index is 0.293. The van der Waals surface area contributed by atoms with E-state index in [9.17, 15) is 0 Å². The molecule has 0 aromatic carbocycles. The van der Waals surface area contributed by atoms with Gasteiger partial charge in [0.2, 0.25) is 0 Å². The van der Waals surface area contributed by atoms with Crippen LogP contribution in [0.1, 0.15) is 27.7 Å². The largest absolute Gasteiger partial charge is 0.379 e. The van der Waals surface area contributed by atoms with Gasteiger partial charge in [0.15, 0.2) is 0 Å². The van der Waals surface area contributed by atoms with Crippen molar-refractivity contribution in [2.24, 2.45) is 0 Å². The second-order valence-corrected chi connectivity index (χ2v) is 5.20. The first kappa shape index (κ1) is 12.9. The second kappa shape index (κ2) is 5.83. The van der Waals surface area contributed by atoms with Crippen molar-refractivity contribution in [1.82, 2.24) is 9.80 Å². The molecular formula is C12H26N2O. The fraction of sp³-hybridized carbons (Fsp3) is 1.00. The maximum Gasteiger partial charge on any atom is 0.0594 e. The summed E-state index contributed by atoms with van der Waals surface area (Å²) in [5.74, 6) is 0. The van der Waals surface area contributed by atoms with E-state index in [1.807, 2.05) is 0 Å². The van der Waals surface area contributed by atoms with Crippen molar-refractivity contribution in [1.29, 1.82) is 0 Å². The molecule has 1 fully saturated rings. The lowest BCUT2D eigenvalue weighted by molar-refractivity contribution is 0.0274. The highest BCUT2D eigenvalue weighted by Gasteiger charge is 2.20. The summed E-state index contributed by atoms with van der Waals surface area (Å²) in [6, 6.07) is 0. The lowest BCUT2D eigenvalue weighted by atomic mass is 10.1. The van der Waals surface area contributed by atoms with E-state index < -0.39 is 0 Å². The molecule has 0 bridgehead atoms. The van der Waals surface area contributed by atoms with Crippen LogP contribution in [-0.4, -0.2) is 61.3 Å². The molecule has 0 aromatic heterocycles. The zero-order valence-corrected chi connectivity index (χ0v) is 10.8. The predicted molar refractivity (Wildman–Crippen MR) is 64.3 cm³/mol. The number of ether oxygens (including phenoxy) is 1. The summed E-state index contributed by atoms with van der Waals surface area (Å²) in [4.78, 5) is 5.03. The maximum atomic E-state index is 5.34. The summed E-state index contributed by atoms with van der Waals surface area (Å²) in [6.45, 7) is 16.6. The van der Waals surface area contributed by atoms with Gasteiger partial charge in [-0.15, -0.1) is 0 Å². The number of likely N-dealkylation sites (N-methyl/N-ethyl adjacent to an activating group) is 1. The molecule has 0 saturated carbocycles. The molecule has 15 heavy (non-hydrogen) atoms. The zero-order valence-electron chi connectivity index (χ0n) is 10.8. The van der Waals surface area contributed by atoms with Gasteiger partial charge in [0.05, 0.1) is 13.2 Å². The SMILES string of the molecule is CCN(CCN1CCOCC1)C(C)(C)C. The molecule has 1 heterocycles. The summed E-state index contributed by atoms with van der Waals surface area (Å²) in [6.07, 6.45) is 0. The molecule has 3 nitrogen and oxygen atoms in total. The van der Waals surface area contributed by atoms with Crippen LogP contribution in [0.5, 0.6) is 0 Å². The minimum Gasteiger partial charge on any atom is -0.379 e. The van der Waals surface area contributed by atoms with E-state index in [0.29, 0.717) is 5.54 Å². The van der Waals surface area contributed by atoms with Crippen LogP contribution in [-0.2, 0) is 4.74 Å². The lowest BCUT2D eigenvalue weighted by Crippen LogP contribution is -2.47. The summed E-state index contributed by atoms with van der Waals surface area (Å²) in [5.41, 5.74) is 0.293. The molecule has 90 valence electrons. The van der Waals surface area contributed by atoms with Crippen molar-refractivity contribution in [2.45, 2.75) is 33.2 Å². The Balaban J connectivity index is 2.27. The molecule has 1 aliphatic rings. The molecule has 1 aliphatic heterocycles. The standard InChI is InChI=1S/C12H26N2O/c1-5-14(12(2,3)4)7-6-13-8-10-15-11-9-13/h5-11H2,1-4H3. The van der Waals surface area contributed by atoms with Gasteiger partial charge < -0.3 is 4.74 Å². The fourth-order valence-corrected chi connectivity index (χ4v) is 2.05. The van der Waals surface area contributed by atoms with Gasteiger partial charge in [0.1, 0.15) is 0 Å². The Hall–Kier alpha value is -0.120. The number of rotatable bonds is 4. The monoisotopic (exact) mass is 214 g/mol. The molecule has 0 radical (unpaired) electrons. The van der Waals surface area contributed by atoms with Gasteiger partial charge in [-0.05, 0) is 27.3 Å². The molecule has 0 unspecified atom stereocenters. The van der Waals surface area contributed by atoms with E-state index >= 15 is 0 Å². The minimum absolute atomic E-state index is 0.293. The van der Waals surface area contributed by atoms with Gasteiger partial charge in [0.25, 0.3) is 0 Å². The first-order valence-electron chi connectivity index (χ1n) is 6.09. The topological polar surface area (TPSA) is 15.7 Å². The van der Waals surface area contributed by atoms with Crippen LogP contribution in [0.3, 0.4) is 0 Å². The molecule has 3 heteroatoms. The van der Waals surface area contributed by atoms with Crippen molar-refractivity contribution >= 4 is 0 Å². The Labute approximate surface area is 94.4 Å². The summed E-state index contributed by atoms with van der Waals surface area (Å²) < 4.78 is 5.34. The van der Waals surface area contributed by atoms with Gasteiger partial charge in [0, 0.05) is 31.7 Å². The highest BCUT2D eigenvalue weighted by molar-refractivity contribution is 4.76. The van der Waals surface area contributed by atoms with Crippen molar-refractivity contribution in [2.75, 3.05) is 45.9 Å². The van der Waals surface area contributed by atoms with Crippen LogP contribution in [0.2, 0.25) is 0 Å². The number of nitrogens with zero attached hydrogens (tertiary/aromatic N) is 2. The quantitative estimate of drug-likeness (QED) is 0.704. The Morgan fingerprint density at radius 1 is 1.20 bits per heavy atom. The Morgan fingerprint density at radius 2 is 1.80 bits per heavy atom. The zero-order chi connectivity index (χ0) is 11.3. The summed E-state index contributed by atoms with van der Waals surface area (Å²) >= 11 is 0. The second-order valence-electron chi connectivity index (χ2n) is 5.20. The van der Waals surface area contributed by atoms with Gasteiger partial charge in [-0.25, -0.2) is 0 Å². The van der Waals surface area contributed by atoms with Crippen molar-refractivity contribution in [3.8, 4) is 0 Å². The summed E-state index contributed by atoms with van der Waals surface area (Å²) in [7, 11) is 0. The van der Waals surface area contributed by atoms with Crippen LogP contribution < -0.4 is 0 Å². The van der Waals surface area contributed by atoms with E-state index in [-0.39, 0.29) is 0 Å². The third-order valence-electron chi connectivity index (χ3n) is 3.12. The van der Waals surface area contributed by atoms with Gasteiger partial charge in [-0.2, -0.15) is 0 Å². The van der Waals surface area contributed by atoms with Crippen LogP contribution in [0.4, 0.5) is 0 Å². The molecule has 0 aliphatic carbocycles. The highest BCUT2D eigenvalue weighted by atomic mass is 16.5. The smallest absolute Gasteiger partial charge is 0.0594 e. The van der Waals surface area contributed by atoms with Crippen molar-refractivity contribution < 1.29 is 4.74 Å². The maximum absolute atomic E-state index is 5.34. The summed E-state index contributed by atoms with van der Waals surface area (Å²) in [5, 5.41) is 0. The van der Waals surface area contributed by atoms with Crippen LogP contribution >= 0.6 is 0 Å². The molecule has 1 saturated heterocycles. The number of hydrogen-bond donors (Lipinski definition) is 0. The number of morpholine rings is 1. The van der Waals surface area contributed by atoms with Crippen LogP contribution in [0.25, 0.3) is 0 Å². The normalized spacial score (nSPS) is 19.8. The van der Waals surface area contributed by atoms with Gasteiger partial charge >= 0.3 is 0 Å². The Kier molecular flexibility index (Phi) is 5.03. The van der Waals surface area contributed by atoms with E-state index in [4.69, 9.17) is 4.74 Å². The molecular weight excluding hydrogens is 188 g/mol. The van der Waals surface area contributed by atoms with Gasteiger partial charge in [-0.1, -0.05) is 6.92 Å². The lowest BCUT2D eigenvalue weighted by Gasteiger charge is -2.37. The number of hydrogen-bond acceptors (Lipinski definition) is 3. The molecule has 1 rings (SSSR count). The van der Waals surface area contributed by atoms with E-state index in [1.165, 1.54) is 13.1 Å². The third-order valence-corrected chi connectivity index (χ3v) is 3.12. The van der Waals surface area contributed by atoms with E-state index in [2.05, 4.69) is 37.5 Å². The molecule has 0 atom stereocenters.